The van der Waals surface area contributed by atoms with Crippen LogP contribution in [0, 0.1) is 6.92 Å². The molecular weight excluding hydrogens is 420 g/mol. The first-order valence-electron chi connectivity index (χ1n) is 9.49. The zero-order chi connectivity index (χ0) is 22.4. The van der Waals surface area contributed by atoms with Crippen molar-refractivity contribution in [3.05, 3.63) is 59.1 Å². The van der Waals surface area contributed by atoms with Gasteiger partial charge in [0.2, 0.25) is 17.7 Å². The Hall–Kier alpha value is -3.36. The van der Waals surface area contributed by atoms with Crippen LogP contribution >= 0.6 is 11.6 Å². The molecular formula is C22H23ClN4O4. The Morgan fingerprint density at radius 1 is 1.06 bits per heavy atom. The molecule has 8 nitrogen and oxygen atoms in total. The van der Waals surface area contributed by atoms with E-state index in [0.29, 0.717) is 22.2 Å². The number of anilines is 2. The molecule has 0 saturated heterocycles. The van der Waals surface area contributed by atoms with Crippen molar-refractivity contribution in [2.24, 2.45) is 0 Å². The number of carbonyl (C=O) groups is 2. The monoisotopic (exact) mass is 442 g/mol. The maximum absolute atomic E-state index is 12.3. The van der Waals surface area contributed by atoms with Crippen molar-refractivity contribution in [3.8, 4) is 17.0 Å². The molecule has 0 aliphatic heterocycles. The first kappa shape index (κ1) is 22.3. The number of nitrogens with zero attached hydrogens (tertiary/aromatic N) is 2. The van der Waals surface area contributed by atoms with Crippen LogP contribution in [0.2, 0.25) is 5.02 Å². The molecule has 0 aliphatic rings. The summed E-state index contributed by atoms with van der Waals surface area (Å²) in [6.07, 6.45) is 0. The van der Waals surface area contributed by atoms with E-state index in [1.165, 1.54) is 7.11 Å². The number of likely N-dealkylation sites (N-methyl/N-ethyl adjacent to an activating group) is 1. The van der Waals surface area contributed by atoms with E-state index in [1.807, 2.05) is 31.2 Å². The average Bonchev–Trinajstić information content (AvgIpc) is 3.16. The molecule has 3 rings (SSSR count). The van der Waals surface area contributed by atoms with Gasteiger partial charge in [-0.2, -0.15) is 0 Å². The van der Waals surface area contributed by atoms with E-state index in [9.17, 15) is 9.59 Å². The average molecular weight is 443 g/mol. The van der Waals surface area contributed by atoms with Crippen LogP contribution in [-0.2, 0) is 9.59 Å². The predicted molar refractivity (Wildman–Crippen MR) is 119 cm³/mol. The highest BCUT2D eigenvalue weighted by molar-refractivity contribution is 6.31. The van der Waals surface area contributed by atoms with Gasteiger partial charge in [-0.1, -0.05) is 46.6 Å². The van der Waals surface area contributed by atoms with E-state index in [1.54, 1.807) is 36.2 Å². The Bertz CT molecular complexity index is 1070. The van der Waals surface area contributed by atoms with Crippen LogP contribution in [0.25, 0.3) is 11.3 Å². The molecule has 0 bridgehead atoms. The number of aryl methyl sites for hydroxylation is 1. The quantitative estimate of drug-likeness (QED) is 0.550. The van der Waals surface area contributed by atoms with Gasteiger partial charge >= 0.3 is 0 Å². The first-order valence-corrected chi connectivity index (χ1v) is 9.87. The predicted octanol–water partition coefficient (Wildman–Crippen LogP) is 3.82. The molecule has 3 aromatic rings. The van der Waals surface area contributed by atoms with E-state index >= 15 is 0 Å². The van der Waals surface area contributed by atoms with E-state index in [0.717, 1.165) is 11.1 Å². The van der Waals surface area contributed by atoms with E-state index in [4.69, 9.17) is 20.9 Å². The molecule has 2 aromatic carbocycles. The van der Waals surface area contributed by atoms with Crippen molar-refractivity contribution in [1.29, 1.82) is 0 Å². The Morgan fingerprint density at radius 3 is 2.42 bits per heavy atom. The topological polar surface area (TPSA) is 96.7 Å². The lowest BCUT2D eigenvalue weighted by Gasteiger charge is -2.16. The third kappa shape index (κ3) is 6.31. The SMILES string of the molecule is COc1ccc(Cl)cc1NC(=O)CN(C)CC(=O)Nc1cc(-c2ccc(C)cc2)no1. The van der Waals surface area contributed by atoms with Crippen LogP contribution in [0.4, 0.5) is 11.6 Å². The Morgan fingerprint density at radius 2 is 1.74 bits per heavy atom. The molecule has 1 heterocycles. The van der Waals surface area contributed by atoms with Gasteiger partial charge in [-0.25, -0.2) is 0 Å². The lowest BCUT2D eigenvalue weighted by Crippen LogP contribution is -2.36. The Labute approximate surface area is 185 Å². The molecule has 162 valence electrons. The number of carbonyl (C=O) groups excluding carboxylic acids is 2. The lowest BCUT2D eigenvalue weighted by atomic mass is 10.1. The largest absolute Gasteiger partial charge is 0.495 e. The fraction of sp³-hybridized carbons (Fsp3) is 0.227. The number of rotatable bonds is 8. The molecule has 0 saturated carbocycles. The first-order chi connectivity index (χ1) is 14.8. The van der Waals surface area contributed by atoms with E-state index < -0.39 is 0 Å². The molecule has 0 unspecified atom stereocenters. The summed E-state index contributed by atoms with van der Waals surface area (Å²) in [5, 5.41) is 9.83. The van der Waals surface area contributed by atoms with Gasteiger partial charge in [0.15, 0.2) is 0 Å². The zero-order valence-corrected chi connectivity index (χ0v) is 18.2. The van der Waals surface area contributed by atoms with Crippen LogP contribution < -0.4 is 15.4 Å². The number of benzene rings is 2. The number of nitrogens with one attached hydrogen (secondary N) is 2. The van der Waals surface area contributed by atoms with Gasteiger partial charge < -0.3 is 14.6 Å². The number of ether oxygens (including phenoxy) is 1. The molecule has 2 N–H and O–H groups in total. The summed E-state index contributed by atoms with van der Waals surface area (Å²) in [6.45, 7) is 1.98. The summed E-state index contributed by atoms with van der Waals surface area (Å²) < 4.78 is 10.4. The second-order valence-electron chi connectivity index (χ2n) is 7.06. The summed E-state index contributed by atoms with van der Waals surface area (Å²) >= 11 is 5.97. The van der Waals surface area contributed by atoms with Gasteiger partial charge in [-0.15, -0.1) is 0 Å². The highest BCUT2D eigenvalue weighted by atomic mass is 35.5. The van der Waals surface area contributed by atoms with Crippen LogP contribution in [0.1, 0.15) is 5.56 Å². The van der Waals surface area contributed by atoms with Gasteiger partial charge in [0, 0.05) is 16.7 Å². The van der Waals surface area contributed by atoms with Crippen LogP contribution in [-0.4, -0.2) is 49.1 Å². The van der Waals surface area contributed by atoms with Crippen LogP contribution in [0.3, 0.4) is 0 Å². The van der Waals surface area contributed by atoms with Gasteiger partial charge in [-0.05, 0) is 32.2 Å². The van der Waals surface area contributed by atoms with E-state index in [2.05, 4.69) is 15.8 Å². The molecule has 0 radical (unpaired) electrons. The number of methoxy groups -OCH3 is 1. The highest BCUT2D eigenvalue weighted by Gasteiger charge is 2.15. The number of amides is 2. The van der Waals surface area contributed by atoms with Gasteiger partial charge in [0.1, 0.15) is 11.4 Å². The highest BCUT2D eigenvalue weighted by Crippen LogP contribution is 2.27. The minimum absolute atomic E-state index is 0.00584. The summed E-state index contributed by atoms with van der Waals surface area (Å²) in [7, 11) is 3.16. The molecule has 0 aliphatic carbocycles. The summed E-state index contributed by atoms with van der Waals surface area (Å²) in [6, 6.07) is 14.4. The molecule has 0 fully saturated rings. The van der Waals surface area contributed by atoms with Crippen molar-refractivity contribution in [1.82, 2.24) is 10.1 Å². The van der Waals surface area contributed by atoms with Gasteiger partial charge in [0.25, 0.3) is 0 Å². The summed E-state index contributed by atoms with van der Waals surface area (Å²) in [4.78, 5) is 26.2. The third-order valence-corrected chi connectivity index (χ3v) is 4.62. The maximum atomic E-state index is 12.3. The lowest BCUT2D eigenvalue weighted by molar-refractivity contribution is -0.119. The minimum Gasteiger partial charge on any atom is -0.495 e. The molecule has 0 spiro atoms. The molecule has 2 amide bonds. The number of hydrogen-bond acceptors (Lipinski definition) is 6. The fourth-order valence-corrected chi connectivity index (χ4v) is 3.06. The number of halogens is 1. The second-order valence-corrected chi connectivity index (χ2v) is 7.49. The summed E-state index contributed by atoms with van der Waals surface area (Å²) in [5.74, 6) is 0.0920. The minimum atomic E-state index is -0.331. The smallest absolute Gasteiger partial charge is 0.240 e. The maximum Gasteiger partial charge on any atom is 0.240 e. The van der Waals surface area contributed by atoms with Crippen molar-refractivity contribution in [3.63, 3.8) is 0 Å². The molecule has 9 heteroatoms. The van der Waals surface area contributed by atoms with Crippen molar-refractivity contribution in [2.45, 2.75) is 6.92 Å². The Balaban J connectivity index is 1.51. The van der Waals surface area contributed by atoms with Gasteiger partial charge in [0.05, 0.1) is 25.9 Å². The standard InChI is InChI=1S/C22H23ClN4O4/c1-14-4-6-15(7-5-14)17-11-22(31-26-17)25-21(29)13-27(2)12-20(28)24-18-10-16(23)8-9-19(18)30-3/h4-11H,12-13H2,1-3H3,(H,24,28)(H,25,29). The summed E-state index contributed by atoms with van der Waals surface area (Å²) in [5.41, 5.74) is 3.11. The second kappa shape index (κ2) is 10.1. The molecule has 0 atom stereocenters. The fourth-order valence-electron chi connectivity index (χ4n) is 2.89. The van der Waals surface area contributed by atoms with Crippen molar-refractivity contribution in [2.75, 3.05) is 37.9 Å². The molecule has 1 aromatic heterocycles. The van der Waals surface area contributed by atoms with Crippen molar-refractivity contribution >= 4 is 35.0 Å². The van der Waals surface area contributed by atoms with E-state index in [-0.39, 0.29) is 30.8 Å². The zero-order valence-electron chi connectivity index (χ0n) is 17.4. The van der Waals surface area contributed by atoms with Crippen LogP contribution in [0.15, 0.2) is 53.1 Å². The number of aromatic nitrogens is 1. The normalized spacial score (nSPS) is 10.7. The number of hydrogen-bond donors (Lipinski definition) is 2. The van der Waals surface area contributed by atoms with Crippen molar-refractivity contribution < 1.29 is 18.8 Å². The Kier molecular flexibility index (Phi) is 7.28. The van der Waals surface area contributed by atoms with Crippen LogP contribution in [0.5, 0.6) is 5.75 Å². The van der Waals surface area contributed by atoms with Gasteiger partial charge in [-0.3, -0.25) is 19.8 Å². The molecule has 31 heavy (non-hydrogen) atoms. The third-order valence-electron chi connectivity index (χ3n) is 4.38.